The summed E-state index contributed by atoms with van der Waals surface area (Å²) in [4.78, 5) is 3.93. The van der Waals surface area contributed by atoms with E-state index in [-0.39, 0.29) is 29.1 Å². The number of hydrogen-bond donors (Lipinski definition) is 2. The number of aryl methyl sites for hydroxylation is 1. The molecule has 20 heavy (non-hydrogen) atoms. The molecule has 0 amide bonds. The first-order valence-electron chi connectivity index (χ1n) is 6.94. The monoisotopic (exact) mass is 300 g/mol. The van der Waals surface area contributed by atoms with E-state index in [1.54, 1.807) is 4.57 Å². The number of fused-ring (bicyclic) bond motifs is 1. The van der Waals surface area contributed by atoms with Crippen LogP contribution in [0.1, 0.15) is 19.8 Å². The Labute approximate surface area is 118 Å². The van der Waals surface area contributed by atoms with Crippen LogP contribution in [0.3, 0.4) is 0 Å². The quantitative estimate of drug-likeness (QED) is 0.794. The molecule has 0 radical (unpaired) electrons. The molecule has 1 saturated heterocycles. The lowest BCUT2D eigenvalue weighted by molar-refractivity contribution is -0.114. The predicted molar refractivity (Wildman–Crippen MR) is 72.4 cm³/mol. The topological polar surface area (TPSA) is 99.2 Å². The van der Waals surface area contributed by atoms with Gasteiger partial charge in [0.05, 0.1) is 18.5 Å². The second-order valence-electron chi connectivity index (χ2n) is 5.41. The Bertz CT molecular complexity index is 585. The third-order valence-electron chi connectivity index (χ3n) is 4.22. The van der Waals surface area contributed by atoms with Crippen LogP contribution in [0.15, 0.2) is 17.6 Å². The largest absolute Gasteiger partial charge is 0.376 e. The van der Waals surface area contributed by atoms with Gasteiger partial charge in [0.15, 0.2) is 5.03 Å². The second kappa shape index (κ2) is 5.10. The Morgan fingerprint density at radius 1 is 1.60 bits per heavy atom. The Kier molecular flexibility index (Phi) is 3.57. The molecule has 1 aliphatic carbocycles. The first-order valence-corrected chi connectivity index (χ1v) is 8.42. The molecule has 3 rings (SSSR count). The number of nitrogens with zero attached hydrogens (tertiary/aromatic N) is 2. The van der Waals surface area contributed by atoms with Gasteiger partial charge in [-0.05, 0) is 19.8 Å². The molecule has 112 valence electrons. The lowest BCUT2D eigenvalue weighted by Crippen LogP contribution is -2.71. The molecule has 2 fully saturated rings. The number of ether oxygens (including phenoxy) is 1. The number of imidazole rings is 1. The van der Waals surface area contributed by atoms with Crippen LogP contribution in [0.5, 0.6) is 0 Å². The van der Waals surface area contributed by atoms with E-state index in [2.05, 4.69) is 9.71 Å². The van der Waals surface area contributed by atoms with E-state index >= 15 is 0 Å². The van der Waals surface area contributed by atoms with Gasteiger partial charge in [0.1, 0.15) is 0 Å². The molecule has 4 atom stereocenters. The van der Waals surface area contributed by atoms with Gasteiger partial charge in [0, 0.05) is 31.3 Å². The number of rotatable bonds is 4. The molecule has 1 saturated carbocycles. The van der Waals surface area contributed by atoms with Crippen LogP contribution < -0.4 is 10.5 Å². The van der Waals surface area contributed by atoms with Crippen molar-refractivity contribution in [2.45, 2.75) is 49.5 Å². The number of aromatic nitrogens is 2. The summed E-state index contributed by atoms with van der Waals surface area (Å²) in [5.41, 5.74) is 6.06. The first kappa shape index (κ1) is 14.0. The van der Waals surface area contributed by atoms with Gasteiger partial charge < -0.3 is 15.0 Å². The Morgan fingerprint density at radius 3 is 3.10 bits per heavy atom. The van der Waals surface area contributed by atoms with Crippen molar-refractivity contribution in [3.8, 4) is 0 Å². The average molecular weight is 300 g/mol. The molecule has 0 bridgehead atoms. The Hall–Kier alpha value is -0.960. The predicted octanol–water partition coefficient (Wildman–Crippen LogP) is -0.314. The molecule has 4 unspecified atom stereocenters. The molecule has 7 nitrogen and oxygen atoms in total. The molecule has 1 aromatic heterocycles. The zero-order valence-electron chi connectivity index (χ0n) is 11.4. The van der Waals surface area contributed by atoms with E-state index in [1.807, 2.05) is 6.92 Å². The van der Waals surface area contributed by atoms with Crippen LogP contribution in [0.4, 0.5) is 0 Å². The second-order valence-corrected chi connectivity index (χ2v) is 7.07. The van der Waals surface area contributed by atoms with Gasteiger partial charge in [-0.3, -0.25) is 0 Å². The summed E-state index contributed by atoms with van der Waals surface area (Å²) in [5, 5.41) is 0.0332. The lowest BCUT2D eigenvalue weighted by Gasteiger charge is -2.52. The van der Waals surface area contributed by atoms with Gasteiger partial charge in [0.2, 0.25) is 0 Å². The van der Waals surface area contributed by atoms with E-state index in [0.717, 1.165) is 12.8 Å². The maximum Gasteiger partial charge on any atom is 0.259 e. The number of sulfonamides is 1. The van der Waals surface area contributed by atoms with Crippen LogP contribution in [0.25, 0.3) is 0 Å². The van der Waals surface area contributed by atoms with Gasteiger partial charge >= 0.3 is 0 Å². The molecule has 0 spiro atoms. The minimum atomic E-state index is -3.64. The summed E-state index contributed by atoms with van der Waals surface area (Å²) in [6.07, 6.45) is 4.94. The highest BCUT2D eigenvalue weighted by atomic mass is 32.2. The van der Waals surface area contributed by atoms with Gasteiger partial charge in [0.25, 0.3) is 10.0 Å². The van der Waals surface area contributed by atoms with Gasteiger partial charge in [-0.15, -0.1) is 0 Å². The smallest absolute Gasteiger partial charge is 0.259 e. The zero-order valence-corrected chi connectivity index (χ0v) is 12.2. The highest BCUT2D eigenvalue weighted by molar-refractivity contribution is 7.89. The molecule has 8 heteroatoms. The summed E-state index contributed by atoms with van der Waals surface area (Å²) in [6, 6.07) is -0.527. The van der Waals surface area contributed by atoms with Crippen molar-refractivity contribution in [2.75, 3.05) is 6.61 Å². The van der Waals surface area contributed by atoms with Crippen LogP contribution in [-0.2, 0) is 21.3 Å². The van der Waals surface area contributed by atoms with Crippen LogP contribution >= 0.6 is 0 Å². The minimum absolute atomic E-state index is 0.0332. The fourth-order valence-electron chi connectivity index (χ4n) is 2.98. The third kappa shape index (κ3) is 2.26. The van der Waals surface area contributed by atoms with Crippen molar-refractivity contribution in [2.24, 2.45) is 11.7 Å². The standard InChI is InChI=1S/C12H20N4O3S/c1-2-16-6-9(14-7-16)20(17,18)15-11-10(13)8-4-3-5-19-12(8)11/h6-8,10-12,15H,2-5,13H2,1H3. The Morgan fingerprint density at radius 2 is 2.40 bits per heavy atom. The first-order chi connectivity index (χ1) is 9.53. The normalized spacial score (nSPS) is 33.5. The van der Waals surface area contributed by atoms with Crippen molar-refractivity contribution >= 4 is 10.0 Å². The fourth-order valence-corrected chi connectivity index (χ4v) is 4.21. The molecule has 2 heterocycles. The van der Waals surface area contributed by atoms with Crippen molar-refractivity contribution in [3.63, 3.8) is 0 Å². The maximum absolute atomic E-state index is 12.3. The van der Waals surface area contributed by atoms with Crippen LogP contribution in [0.2, 0.25) is 0 Å². The number of hydrogen-bond acceptors (Lipinski definition) is 5. The SMILES string of the molecule is CCn1cnc(S(=O)(=O)NC2C(N)C3CCCOC32)c1. The van der Waals surface area contributed by atoms with Crippen molar-refractivity contribution in [1.29, 1.82) is 0 Å². The lowest BCUT2D eigenvalue weighted by atomic mass is 9.69. The highest BCUT2D eigenvalue weighted by Crippen LogP contribution is 2.37. The molecule has 3 N–H and O–H groups in total. The molecule has 0 aromatic carbocycles. The molecule has 1 aliphatic heterocycles. The van der Waals surface area contributed by atoms with Gasteiger partial charge in [-0.2, -0.15) is 0 Å². The zero-order chi connectivity index (χ0) is 14.3. The van der Waals surface area contributed by atoms with Crippen molar-refractivity contribution in [3.05, 3.63) is 12.5 Å². The summed E-state index contributed by atoms with van der Waals surface area (Å²) < 4.78 is 34.6. The van der Waals surface area contributed by atoms with Crippen molar-refractivity contribution < 1.29 is 13.2 Å². The van der Waals surface area contributed by atoms with E-state index in [1.165, 1.54) is 12.5 Å². The minimum Gasteiger partial charge on any atom is -0.376 e. The van der Waals surface area contributed by atoms with E-state index in [4.69, 9.17) is 10.5 Å². The highest BCUT2D eigenvalue weighted by Gasteiger charge is 2.52. The van der Waals surface area contributed by atoms with Crippen molar-refractivity contribution in [1.82, 2.24) is 14.3 Å². The average Bonchev–Trinajstić information content (AvgIpc) is 2.94. The summed E-state index contributed by atoms with van der Waals surface area (Å²) in [7, 11) is -3.64. The fraction of sp³-hybridized carbons (Fsp3) is 0.750. The summed E-state index contributed by atoms with van der Waals surface area (Å²) in [5.74, 6) is 0.268. The van der Waals surface area contributed by atoms with E-state index < -0.39 is 10.0 Å². The van der Waals surface area contributed by atoms with Crippen LogP contribution in [-0.4, -0.2) is 42.8 Å². The molecular weight excluding hydrogens is 280 g/mol. The number of nitrogens with two attached hydrogens (primary N) is 1. The van der Waals surface area contributed by atoms with E-state index in [0.29, 0.717) is 13.2 Å². The third-order valence-corrected chi connectivity index (χ3v) is 5.56. The molecule has 2 aliphatic rings. The maximum atomic E-state index is 12.3. The van der Waals surface area contributed by atoms with Gasteiger partial charge in [-0.1, -0.05) is 0 Å². The molecule has 1 aromatic rings. The van der Waals surface area contributed by atoms with Crippen LogP contribution in [0, 0.1) is 5.92 Å². The summed E-state index contributed by atoms with van der Waals surface area (Å²) in [6.45, 7) is 3.28. The number of nitrogens with one attached hydrogen (secondary N) is 1. The van der Waals surface area contributed by atoms with Gasteiger partial charge in [-0.25, -0.2) is 18.1 Å². The Balaban J connectivity index is 1.73. The summed E-state index contributed by atoms with van der Waals surface area (Å²) >= 11 is 0. The van der Waals surface area contributed by atoms with E-state index in [9.17, 15) is 8.42 Å². The molecular formula is C12H20N4O3S.